The van der Waals surface area contributed by atoms with Gasteiger partial charge in [0.15, 0.2) is 0 Å². The molecule has 0 saturated carbocycles. The SMILES string of the molecule is Cn1c(C(F)(F)F)cc2cccc(CCN)c21. The lowest BCUT2D eigenvalue weighted by Gasteiger charge is -2.09. The Bertz CT molecular complexity index is 540. The van der Waals surface area contributed by atoms with Crippen molar-refractivity contribution < 1.29 is 13.2 Å². The highest BCUT2D eigenvalue weighted by molar-refractivity contribution is 5.84. The first kappa shape index (κ1) is 12.0. The van der Waals surface area contributed by atoms with Gasteiger partial charge in [-0.2, -0.15) is 13.2 Å². The number of para-hydroxylation sites is 1. The number of nitrogens with zero attached hydrogens (tertiary/aromatic N) is 1. The summed E-state index contributed by atoms with van der Waals surface area (Å²) in [7, 11) is 1.44. The Hall–Kier alpha value is -1.49. The Morgan fingerprint density at radius 1 is 1.29 bits per heavy atom. The van der Waals surface area contributed by atoms with E-state index in [9.17, 15) is 13.2 Å². The number of hydrogen-bond donors (Lipinski definition) is 1. The van der Waals surface area contributed by atoms with E-state index in [2.05, 4.69) is 0 Å². The topological polar surface area (TPSA) is 30.9 Å². The van der Waals surface area contributed by atoms with Gasteiger partial charge >= 0.3 is 6.18 Å². The van der Waals surface area contributed by atoms with Crippen LogP contribution in [0.2, 0.25) is 0 Å². The van der Waals surface area contributed by atoms with Crippen LogP contribution in [0.4, 0.5) is 13.2 Å². The number of alkyl halides is 3. The molecular formula is C12H13F3N2. The van der Waals surface area contributed by atoms with Gasteiger partial charge in [-0.25, -0.2) is 0 Å². The molecular weight excluding hydrogens is 229 g/mol. The third-order valence-electron chi connectivity index (χ3n) is 2.84. The first-order valence-corrected chi connectivity index (χ1v) is 5.29. The summed E-state index contributed by atoms with van der Waals surface area (Å²) in [4.78, 5) is 0. The van der Waals surface area contributed by atoms with Gasteiger partial charge in [-0.05, 0) is 24.6 Å². The Balaban J connectivity index is 2.70. The van der Waals surface area contributed by atoms with Crippen LogP contribution in [-0.2, 0) is 19.6 Å². The monoisotopic (exact) mass is 242 g/mol. The van der Waals surface area contributed by atoms with E-state index in [1.54, 1.807) is 12.1 Å². The maximum atomic E-state index is 12.8. The van der Waals surface area contributed by atoms with E-state index >= 15 is 0 Å². The molecule has 2 aromatic rings. The van der Waals surface area contributed by atoms with Gasteiger partial charge in [0.1, 0.15) is 5.69 Å². The van der Waals surface area contributed by atoms with Crippen molar-refractivity contribution in [2.75, 3.05) is 6.54 Å². The molecule has 0 aliphatic heterocycles. The van der Waals surface area contributed by atoms with E-state index < -0.39 is 11.9 Å². The molecule has 17 heavy (non-hydrogen) atoms. The molecule has 0 amide bonds. The number of hydrogen-bond acceptors (Lipinski definition) is 1. The summed E-state index contributed by atoms with van der Waals surface area (Å²) in [6.45, 7) is 0.422. The highest BCUT2D eigenvalue weighted by Gasteiger charge is 2.34. The van der Waals surface area contributed by atoms with Crippen LogP contribution in [0.15, 0.2) is 24.3 Å². The minimum atomic E-state index is -4.33. The summed E-state index contributed by atoms with van der Waals surface area (Å²) in [6.07, 6.45) is -3.75. The summed E-state index contributed by atoms with van der Waals surface area (Å²) < 4.78 is 39.5. The van der Waals surface area contributed by atoms with Crippen molar-refractivity contribution in [3.8, 4) is 0 Å². The Morgan fingerprint density at radius 2 is 2.00 bits per heavy atom. The molecule has 92 valence electrons. The third kappa shape index (κ3) is 2.02. The van der Waals surface area contributed by atoms with Gasteiger partial charge in [-0.3, -0.25) is 0 Å². The van der Waals surface area contributed by atoms with Crippen LogP contribution >= 0.6 is 0 Å². The molecule has 2 N–H and O–H groups in total. The van der Waals surface area contributed by atoms with Crippen LogP contribution in [0.25, 0.3) is 10.9 Å². The van der Waals surface area contributed by atoms with Crippen LogP contribution in [0.1, 0.15) is 11.3 Å². The Kier molecular flexibility index (Phi) is 2.87. The predicted octanol–water partition coefficient (Wildman–Crippen LogP) is 2.70. The van der Waals surface area contributed by atoms with E-state index in [4.69, 9.17) is 5.73 Å². The lowest BCUT2D eigenvalue weighted by molar-refractivity contribution is -0.142. The molecule has 0 saturated heterocycles. The molecule has 0 radical (unpaired) electrons. The molecule has 1 aromatic carbocycles. The van der Waals surface area contributed by atoms with Crippen LogP contribution in [0.3, 0.4) is 0 Å². The van der Waals surface area contributed by atoms with Crippen molar-refractivity contribution in [1.82, 2.24) is 4.57 Å². The standard InChI is InChI=1S/C12H13F3N2/c1-17-10(12(13,14)15)7-9-4-2-3-8(5-6-16)11(9)17/h2-4,7H,5-6,16H2,1H3. The zero-order valence-corrected chi connectivity index (χ0v) is 9.38. The number of rotatable bonds is 2. The third-order valence-corrected chi connectivity index (χ3v) is 2.84. The average molecular weight is 242 g/mol. The Labute approximate surface area is 96.8 Å². The number of aromatic nitrogens is 1. The molecule has 0 atom stereocenters. The molecule has 5 heteroatoms. The second kappa shape index (κ2) is 4.07. The molecule has 0 aliphatic rings. The largest absolute Gasteiger partial charge is 0.431 e. The fourth-order valence-electron chi connectivity index (χ4n) is 2.13. The van der Waals surface area contributed by atoms with Gasteiger partial charge in [-0.15, -0.1) is 0 Å². The van der Waals surface area contributed by atoms with Gasteiger partial charge in [0.05, 0.1) is 5.52 Å². The number of fused-ring (bicyclic) bond motifs is 1. The molecule has 0 unspecified atom stereocenters. The highest BCUT2D eigenvalue weighted by atomic mass is 19.4. The fraction of sp³-hybridized carbons (Fsp3) is 0.333. The molecule has 1 heterocycles. The van der Waals surface area contributed by atoms with Crippen LogP contribution in [0.5, 0.6) is 0 Å². The summed E-state index contributed by atoms with van der Waals surface area (Å²) in [5.41, 5.74) is 6.30. The summed E-state index contributed by atoms with van der Waals surface area (Å²) in [6, 6.07) is 6.43. The normalized spacial score (nSPS) is 12.3. The van der Waals surface area contributed by atoms with Crippen molar-refractivity contribution in [3.63, 3.8) is 0 Å². The second-order valence-electron chi connectivity index (χ2n) is 3.98. The lowest BCUT2D eigenvalue weighted by atomic mass is 10.1. The zero-order chi connectivity index (χ0) is 12.6. The van der Waals surface area contributed by atoms with E-state index in [1.807, 2.05) is 6.07 Å². The minimum Gasteiger partial charge on any atom is -0.340 e. The maximum Gasteiger partial charge on any atom is 0.431 e. The smallest absolute Gasteiger partial charge is 0.340 e. The quantitative estimate of drug-likeness (QED) is 0.862. The van der Waals surface area contributed by atoms with Gasteiger partial charge in [0.25, 0.3) is 0 Å². The molecule has 2 nitrogen and oxygen atoms in total. The van der Waals surface area contributed by atoms with E-state index in [0.29, 0.717) is 23.9 Å². The Morgan fingerprint density at radius 3 is 2.59 bits per heavy atom. The van der Waals surface area contributed by atoms with E-state index in [1.165, 1.54) is 17.7 Å². The highest BCUT2D eigenvalue weighted by Crippen LogP contribution is 2.34. The second-order valence-corrected chi connectivity index (χ2v) is 3.98. The fourth-order valence-corrected chi connectivity index (χ4v) is 2.13. The number of benzene rings is 1. The van der Waals surface area contributed by atoms with E-state index in [0.717, 1.165) is 5.56 Å². The zero-order valence-electron chi connectivity index (χ0n) is 9.38. The molecule has 2 rings (SSSR count). The van der Waals surface area contributed by atoms with Gasteiger partial charge in [0.2, 0.25) is 0 Å². The summed E-state index contributed by atoms with van der Waals surface area (Å²) in [5, 5.41) is 0.603. The summed E-state index contributed by atoms with van der Waals surface area (Å²) in [5.74, 6) is 0. The van der Waals surface area contributed by atoms with Crippen molar-refractivity contribution in [1.29, 1.82) is 0 Å². The van der Waals surface area contributed by atoms with Crippen molar-refractivity contribution in [2.24, 2.45) is 12.8 Å². The van der Waals surface area contributed by atoms with Gasteiger partial charge in [-0.1, -0.05) is 18.2 Å². The molecule has 0 bridgehead atoms. The van der Waals surface area contributed by atoms with Crippen molar-refractivity contribution >= 4 is 10.9 Å². The van der Waals surface area contributed by atoms with Gasteiger partial charge < -0.3 is 10.3 Å². The minimum absolute atomic E-state index is 0.422. The predicted molar refractivity (Wildman–Crippen MR) is 60.7 cm³/mol. The van der Waals surface area contributed by atoms with Crippen molar-refractivity contribution in [2.45, 2.75) is 12.6 Å². The lowest BCUT2D eigenvalue weighted by Crippen LogP contribution is -2.11. The van der Waals surface area contributed by atoms with E-state index in [-0.39, 0.29) is 0 Å². The molecule has 0 aliphatic carbocycles. The summed E-state index contributed by atoms with van der Waals surface area (Å²) >= 11 is 0. The molecule has 1 aromatic heterocycles. The van der Waals surface area contributed by atoms with Crippen molar-refractivity contribution in [3.05, 3.63) is 35.5 Å². The first-order valence-electron chi connectivity index (χ1n) is 5.29. The van der Waals surface area contributed by atoms with Crippen LogP contribution < -0.4 is 5.73 Å². The number of halogens is 3. The first-order chi connectivity index (χ1) is 7.95. The van der Waals surface area contributed by atoms with Crippen LogP contribution in [-0.4, -0.2) is 11.1 Å². The average Bonchev–Trinajstić information content (AvgIpc) is 2.57. The number of aryl methyl sites for hydroxylation is 1. The molecule has 0 spiro atoms. The number of nitrogens with two attached hydrogens (primary N) is 1. The molecule has 0 fully saturated rings. The van der Waals surface area contributed by atoms with Crippen LogP contribution in [0, 0.1) is 0 Å². The van der Waals surface area contributed by atoms with Gasteiger partial charge in [0, 0.05) is 12.4 Å². The maximum absolute atomic E-state index is 12.8.